The van der Waals surface area contributed by atoms with Crippen molar-refractivity contribution in [1.29, 1.82) is 0 Å². The topological polar surface area (TPSA) is 75.7 Å². The molecule has 0 fully saturated rings. The zero-order valence-corrected chi connectivity index (χ0v) is 19.5. The summed E-state index contributed by atoms with van der Waals surface area (Å²) in [4.78, 5) is 11.4. The average Bonchev–Trinajstić information content (AvgIpc) is 2.77. The maximum absolute atomic E-state index is 13.6. The Morgan fingerprint density at radius 3 is 2.22 bits per heavy atom. The predicted octanol–water partition coefficient (Wildman–Crippen LogP) is 5.17. The second-order valence-electron chi connectivity index (χ2n) is 7.82. The van der Waals surface area contributed by atoms with Crippen LogP contribution in [0.25, 0.3) is 0 Å². The largest absolute Gasteiger partial charge is 0.497 e. The van der Waals surface area contributed by atoms with Crippen molar-refractivity contribution in [2.45, 2.75) is 38.1 Å². The van der Waals surface area contributed by atoms with Gasteiger partial charge < -0.3 is 10.1 Å². The van der Waals surface area contributed by atoms with Gasteiger partial charge in [0, 0.05) is 18.7 Å². The van der Waals surface area contributed by atoms with Crippen molar-refractivity contribution < 1.29 is 17.9 Å². The molecular formula is C25H28N2O4S. The van der Waals surface area contributed by atoms with E-state index in [-0.39, 0.29) is 17.3 Å². The van der Waals surface area contributed by atoms with Gasteiger partial charge in [0.25, 0.3) is 10.0 Å². The number of anilines is 2. The molecule has 3 aromatic carbocycles. The molecule has 1 amide bonds. The fraction of sp³-hybridized carbons (Fsp3) is 0.240. The second kappa shape index (κ2) is 9.87. The summed E-state index contributed by atoms with van der Waals surface area (Å²) in [5.74, 6) is 0.742. The number of nitrogens with zero attached hydrogens (tertiary/aromatic N) is 1. The summed E-state index contributed by atoms with van der Waals surface area (Å²) in [6.45, 7) is 5.81. The number of methoxy groups -OCH3 is 1. The fourth-order valence-corrected chi connectivity index (χ4v) is 4.74. The quantitative estimate of drug-likeness (QED) is 0.511. The molecule has 3 rings (SSSR count). The number of benzene rings is 3. The van der Waals surface area contributed by atoms with Crippen LogP contribution in [0.1, 0.15) is 37.8 Å². The van der Waals surface area contributed by atoms with Gasteiger partial charge in [0.2, 0.25) is 5.91 Å². The molecule has 3 aromatic rings. The Morgan fingerprint density at radius 1 is 1.00 bits per heavy atom. The molecule has 1 N–H and O–H groups in total. The van der Waals surface area contributed by atoms with Crippen molar-refractivity contribution in [2.24, 2.45) is 0 Å². The van der Waals surface area contributed by atoms with Crippen LogP contribution in [-0.4, -0.2) is 21.4 Å². The van der Waals surface area contributed by atoms with Crippen molar-refractivity contribution in [1.82, 2.24) is 0 Å². The van der Waals surface area contributed by atoms with Gasteiger partial charge in [-0.1, -0.05) is 44.2 Å². The lowest BCUT2D eigenvalue weighted by Crippen LogP contribution is -2.30. The highest BCUT2D eigenvalue weighted by atomic mass is 32.2. The molecule has 7 heteroatoms. The first kappa shape index (κ1) is 23.3. The Hall–Kier alpha value is -3.32. The second-order valence-corrected chi connectivity index (χ2v) is 9.68. The third kappa shape index (κ3) is 5.48. The highest BCUT2D eigenvalue weighted by molar-refractivity contribution is 7.92. The van der Waals surface area contributed by atoms with Crippen molar-refractivity contribution >= 4 is 27.3 Å². The lowest BCUT2D eigenvalue weighted by molar-refractivity contribution is -0.114. The summed E-state index contributed by atoms with van der Waals surface area (Å²) in [7, 11) is -2.34. The third-order valence-corrected chi connectivity index (χ3v) is 6.86. The summed E-state index contributed by atoms with van der Waals surface area (Å²) >= 11 is 0. The number of hydrogen-bond acceptors (Lipinski definition) is 4. The van der Waals surface area contributed by atoms with E-state index in [4.69, 9.17) is 4.74 Å². The number of ether oxygens (including phenoxy) is 1. The molecule has 0 heterocycles. The van der Waals surface area contributed by atoms with Crippen molar-refractivity contribution in [2.75, 3.05) is 16.7 Å². The molecule has 6 nitrogen and oxygen atoms in total. The molecule has 0 aliphatic heterocycles. The lowest BCUT2D eigenvalue weighted by Gasteiger charge is -2.25. The first-order valence-electron chi connectivity index (χ1n) is 10.3. The van der Waals surface area contributed by atoms with E-state index >= 15 is 0 Å². The van der Waals surface area contributed by atoms with E-state index in [9.17, 15) is 13.2 Å². The van der Waals surface area contributed by atoms with E-state index in [1.807, 2.05) is 24.3 Å². The molecule has 0 saturated heterocycles. The van der Waals surface area contributed by atoms with Crippen molar-refractivity contribution in [3.8, 4) is 5.75 Å². The Labute approximate surface area is 189 Å². The standard InChI is InChI=1S/C25H28N2O4S/c1-18(2)21-10-8-20(9-11-21)17-27(23-6-5-7-24(16-23)31-4)32(29,30)25-14-12-22(13-15-25)26-19(3)28/h5-16,18H,17H2,1-4H3,(H,26,28). The maximum Gasteiger partial charge on any atom is 0.264 e. The molecule has 0 radical (unpaired) electrons. The van der Waals surface area contributed by atoms with E-state index in [1.54, 1.807) is 43.5 Å². The summed E-state index contributed by atoms with van der Waals surface area (Å²) < 4.78 is 34.0. The minimum Gasteiger partial charge on any atom is -0.497 e. The van der Waals surface area contributed by atoms with Gasteiger partial charge in [-0.25, -0.2) is 8.42 Å². The Kier molecular flexibility index (Phi) is 7.20. The molecule has 0 atom stereocenters. The normalized spacial score (nSPS) is 11.3. The monoisotopic (exact) mass is 452 g/mol. The maximum atomic E-state index is 13.6. The zero-order valence-electron chi connectivity index (χ0n) is 18.7. The highest BCUT2D eigenvalue weighted by Gasteiger charge is 2.26. The van der Waals surface area contributed by atoms with E-state index in [0.717, 1.165) is 5.56 Å². The molecule has 32 heavy (non-hydrogen) atoms. The van der Waals surface area contributed by atoms with Gasteiger partial charge in [-0.3, -0.25) is 9.10 Å². The van der Waals surface area contributed by atoms with Crippen LogP contribution in [0, 0.1) is 0 Å². The van der Waals surface area contributed by atoms with Gasteiger partial charge in [-0.15, -0.1) is 0 Å². The molecule has 0 unspecified atom stereocenters. The van der Waals surface area contributed by atoms with E-state index < -0.39 is 10.0 Å². The predicted molar refractivity (Wildman–Crippen MR) is 128 cm³/mol. The molecular weight excluding hydrogens is 424 g/mol. The zero-order chi connectivity index (χ0) is 23.3. The molecule has 0 aliphatic rings. The van der Waals surface area contributed by atoms with Gasteiger partial charge >= 0.3 is 0 Å². The molecule has 0 saturated carbocycles. The number of hydrogen-bond donors (Lipinski definition) is 1. The van der Waals surface area contributed by atoms with Crippen molar-refractivity contribution in [3.05, 3.63) is 83.9 Å². The Morgan fingerprint density at radius 2 is 1.66 bits per heavy atom. The summed E-state index contributed by atoms with van der Waals surface area (Å²) in [5, 5.41) is 2.65. The van der Waals surface area contributed by atoms with Crippen LogP contribution in [0.3, 0.4) is 0 Å². The van der Waals surface area contributed by atoms with E-state index in [1.165, 1.54) is 28.9 Å². The van der Waals surface area contributed by atoms with Gasteiger partial charge in [-0.05, 0) is 53.4 Å². The van der Waals surface area contributed by atoms with Gasteiger partial charge in [0.05, 0.1) is 24.2 Å². The van der Waals surface area contributed by atoms with Crippen molar-refractivity contribution in [3.63, 3.8) is 0 Å². The smallest absolute Gasteiger partial charge is 0.264 e. The number of rotatable bonds is 8. The number of amides is 1. The molecule has 0 spiro atoms. The van der Waals surface area contributed by atoms with Crippen LogP contribution < -0.4 is 14.4 Å². The minimum atomic E-state index is -3.88. The molecule has 0 aliphatic carbocycles. The fourth-order valence-electron chi connectivity index (χ4n) is 3.30. The van der Waals surface area contributed by atoms with Crippen LogP contribution in [0.2, 0.25) is 0 Å². The van der Waals surface area contributed by atoms with E-state index in [2.05, 4.69) is 19.2 Å². The Bertz CT molecular complexity index is 1170. The van der Waals surface area contributed by atoms with Gasteiger partial charge in [-0.2, -0.15) is 0 Å². The molecule has 0 aromatic heterocycles. The van der Waals surface area contributed by atoms with Crippen LogP contribution >= 0.6 is 0 Å². The average molecular weight is 453 g/mol. The van der Waals surface area contributed by atoms with Gasteiger partial charge in [0.1, 0.15) is 5.75 Å². The van der Waals surface area contributed by atoms with Crippen LogP contribution in [0.15, 0.2) is 77.7 Å². The number of carbonyl (C=O) groups is 1. The van der Waals surface area contributed by atoms with E-state index in [0.29, 0.717) is 23.0 Å². The molecule has 168 valence electrons. The van der Waals surface area contributed by atoms with Crippen LogP contribution in [0.4, 0.5) is 11.4 Å². The minimum absolute atomic E-state index is 0.133. The highest BCUT2D eigenvalue weighted by Crippen LogP contribution is 2.29. The Balaban J connectivity index is 2.01. The lowest BCUT2D eigenvalue weighted by atomic mass is 10.0. The first-order chi connectivity index (χ1) is 15.2. The first-order valence-corrected chi connectivity index (χ1v) is 11.8. The number of nitrogens with one attached hydrogen (secondary N) is 1. The summed E-state index contributed by atoms with van der Waals surface area (Å²) in [6.07, 6.45) is 0. The molecule has 0 bridgehead atoms. The van der Waals surface area contributed by atoms with Gasteiger partial charge in [0.15, 0.2) is 0 Å². The summed E-state index contributed by atoms with van der Waals surface area (Å²) in [6, 6.07) is 21.1. The van der Waals surface area contributed by atoms with Crippen LogP contribution in [-0.2, 0) is 21.4 Å². The van der Waals surface area contributed by atoms with Crippen LogP contribution in [0.5, 0.6) is 5.75 Å². The SMILES string of the molecule is COc1cccc(N(Cc2ccc(C(C)C)cc2)S(=O)(=O)c2ccc(NC(C)=O)cc2)c1. The number of sulfonamides is 1. The summed E-state index contributed by atoms with van der Waals surface area (Å²) in [5.41, 5.74) is 3.10. The third-order valence-electron chi connectivity index (χ3n) is 5.08. The number of carbonyl (C=O) groups excluding carboxylic acids is 1.